The number of benzene rings is 1. The molecule has 2 nitrogen and oxygen atoms in total. The molecule has 0 saturated heterocycles. The van der Waals surface area contributed by atoms with Gasteiger partial charge in [0.25, 0.3) is 0 Å². The summed E-state index contributed by atoms with van der Waals surface area (Å²) in [6, 6.07) is 11.0. The Bertz CT molecular complexity index is 669. The largest absolute Gasteiger partial charge is 0.356 e. The second-order valence-corrected chi connectivity index (χ2v) is 12.3. The van der Waals surface area contributed by atoms with E-state index in [0.29, 0.717) is 6.17 Å². The SMILES string of the molecule is CCCCCCCCCCCCCCCCCC1N(CCCCCCCCCCC)C=CN1c1ccccc1. The van der Waals surface area contributed by atoms with Gasteiger partial charge in [-0.05, 0) is 31.4 Å². The Morgan fingerprint density at radius 2 is 0.872 bits per heavy atom. The quantitative estimate of drug-likeness (QED) is 0.103. The van der Waals surface area contributed by atoms with E-state index in [0.717, 1.165) is 0 Å². The average Bonchev–Trinajstić information content (AvgIpc) is 3.37. The van der Waals surface area contributed by atoms with Crippen LogP contribution in [0, 0.1) is 0 Å². The van der Waals surface area contributed by atoms with Gasteiger partial charge in [0.2, 0.25) is 0 Å². The lowest BCUT2D eigenvalue weighted by atomic mass is 10.0. The summed E-state index contributed by atoms with van der Waals surface area (Å²) in [6.07, 6.45) is 40.7. The predicted molar refractivity (Wildman–Crippen MR) is 175 cm³/mol. The lowest BCUT2D eigenvalue weighted by Crippen LogP contribution is -2.39. The van der Waals surface area contributed by atoms with E-state index in [-0.39, 0.29) is 0 Å². The van der Waals surface area contributed by atoms with E-state index in [4.69, 9.17) is 0 Å². The van der Waals surface area contributed by atoms with Crippen molar-refractivity contribution in [3.05, 3.63) is 42.7 Å². The van der Waals surface area contributed by atoms with Crippen LogP contribution in [0.25, 0.3) is 0 Å². The number of nitrogens with zero attached hydrogens (tertiary/aromatic N) is 2. The summed E-state index contributed by atoms with van der Waals surface area (Å²) >= 11 is 0. The van der Waals surface area contributed by atoms with Crippen LogP contribution in [0.4, 0.5) is 5.69 Å². The van der Waals surface area contributed by atoms with E-state index in [2.05, 4.69) is 66.4 Å². The minimum absolute atomic E-state index is 0.503. The third-order valence-electron chi connectivity index (χ3n) is 8.76. The van der Waals surface area contributed by atoms with Crippen molar-refractivity contribution in [2.24, 2.45) is 0 Å². The van der Waals surface area contributed by atoms with Crippen molar-refractivity contribution in [3.8, 4) is 0 Å². The Kier molecular flexibility index (Phi) is 21.1. The van der Waals surface area contributed by atoms with Gasteiger partial charge in [-0.1, -0.05) is 173 Å². The molecular formula is C37H66N2. The summed E-state index contributed by atoms with van der Waals surface area (Å²) in [5.74, 6) is 0. The van der Waals surface area contributed by atoms with Crippen molar-refractivity contribution in [3.63, 3.8) is 0 Å². The van der Waals surface area contributed by atoms with Crippen molar-refractivity contribution in [2.45, 2.75) is 181 Å². The van der Waals surface area contributed by atoms with Crippen molar-refractivity contribution >= 4 is 5.69 Å². The molecular weight excluding hydrogens is 472 g/mol. The molecule has 0 saturated carbocycles. The minimum atomic E-state index is 0.503. The normalized spacial score (nSPS) is 15.1. The first-order chi connectivity index (χ1) is 19.4. The molecule has 1 atom stereocenters. The molecule has 39 heavy (non-hydrogen) atoms. The van der Waals surface area contributed by atoms with Crippen molar-refractivity contribution in [2.75, 3.05) is 11.4 Å². The average molecular weight is 539 g/mol. The highest BCUT2D eigenvalue weighted by molar-refractivity contribution is 5.51. The summed E-state index contributed by atoms with van der Waals surface area (Å²) in [5, 5.41) is 0. The molecule has 0 fully saturated rings. The van der Waals surface area contributed by atoms with Gasteiger partial charge in [0.15, 0.2) is 0 Å². The highest BCUT2D eigenvalue weighted by Crippen LogP contribution is 2.28. The lowest BCUT2D eigenvalue weighted by Gasteiger charge is -2.33. The predicted octanol–water partition coefficient (Wildman–Crippen LogP) is 12.4. The lowest BCUT2D eigenvalue weighted by molar-refractivity contribution is 0.273. The number of unbranched alkanes of at least 4 members (excludes halogenated alkanes) is 22. The van der Waals surface area contributed by atoms with E-state index < -0.39 is 0 Å². The molecule has 0 aliphatic carbocycles. The number of anilines is 1. The molecule has 224 valence electrons. The number of para-hydroxylation sites is 1. The fourth-order valence-corrected chi connectivity index (χ4v) is 6.21. The Labute approximate surface area is 245 Å². The maximum absolute atomic E-state index is 2.64. The topological polar surface area (TPSA) is 6.48 Å². The molecule has 2 rings (SSSR count). The molecule has 1 unspecified atom stereocenters. The first-order valence-electron chi connectivity index (χ1n) is 17.6. The summed E-state index contributed by atoms with van der Waals surface area (Å²) in [4.78, 5) is 5.16. The van der Waals surface area contributed by atoms with Crippen LogP contribution in [-0.2, 0) is 0 Å². The van der Waals surface area contributed by atoms with Gasteiger partial charge in [0, 0.05) is 24.6 Å². The maximum Gasteiger partial charge on any atom is 0.105 e. The van der Waals surface area contributed by atoms with E-state index >= 15 is 0 Å². The summed E-state index contributed by atoms with van der Waals surface area (Å²) in [7, 11) is 0. The Morgan fingerprint density at radius 3 is 1.33 bits per heavy atom. The zero-order valence-corrected chi connectivity index (χ0v) is 26.4. The van der Waals surface area contributed by atoms with E-state index in [9.17, 15) is 0 Å². The molecule has 0 radical (unpaired) electrons. The van der Waals surface area contributed by atoms with Gasteiger partial charge in [-0.2, -0.15) is 0 Å². The Hall–Kier alpha value is -1.44. The minimum Gasteiger partial charge on any atom is -0.356 e. The molecule has 1 aromatic rings. The third kappa shape index (κ3) is 16.4. The number of rotatable bonds is 27. The maximum atomic E-state index is 2.64. The molecule has 0 amide bonds. The van der Waals surface area contributed by atoms with Crippen LogP contribution in [0.5, 0.6) is 0 Å². The van der Waals surface area contributed by atoms with Crippen LogP contribution in [0.3, 0.4) is 0 Å². The highest BCUT2D eigenvalue weighted by atomic mass is 15.4. The van der Waals surface area contributed by atoms with Gasteiger partial charge in [-0.3, -0.25) is 0 Å². The Balaban J connectivity index is 1.55. The van der Waals surface area contributed by atoms with Gasteiger partial charge in [0.1, 0.15) is 6.17 Å². The standard InChI is InChI=1S/C37H66N2/c1-3-5-7-9-11-13-14-15-16-17-18-19-21-23-28-32-37-38(33-29-24-22-20-12-10-8-6-4-2)34-35-39(37)36-30-26-25-27-31-36/h25-27,30-31,34-35,37H,3-24,28-29,32-33H2,1-2H3. The van der Waals surface area contributed by atoms with Gasteiger partial charge in [-0.15, -0.1) is 0 Å². The molecule has 0 aromatic heterocycles. The zero-order chi connectivity index (χ0) is 27.6. The first-order valence-corrected chi connectivity index (χ1v) is 17.6. The van der Waals surface area contributed by atoms with Gasteiger partial charge < -0.3 is 9.80 Å². The molecule has 2 heteroatoms. The fraction of sp³-hybridized carbons (Fsp3) is 0.784. The third-order valence-corrected chi connectivity index (χ3v) is 8.76. The molecule has 0 N–H and O–H groups in total. The Morgan fingerprint density at radius 1 is 0.462 bits per heavy atom. The van der Waals surface area contributed by atoms with Crippen LogP contribution >= 0.6 is 0 Å². The summed E-state index contributed by atoms with van der Waals surface area (Å²) < 4.78 is 0. The van der Waals surface area contributed by atoms with Crippen LogP contribution in [0.2, 0.25) is 0 Å². The van der Waals surface area contributed by atoms with Crippen LogP contribution < -0.4 is 4.90 Å². The number of hydrogen-bond acceptors (Lipinski definition) is 2. The molecule has 0 bridgehead atoms. The molecule has 0 spiro atoms. The second-order valence-electron chi connectivity index (χ2n) is 12.3. The molecule has 1 heterocycles. The van der Waals surface area contributed by atoms with Crippen molar-refractivity contribution < 1.29 is 0 Å². The van der Waals surface area contributed by atoms with E-state index in [1.165, 1.54) is 173 Å². The fourth-order valence-electron chi connectivity index (χ4n) is 6.21. The molecule has 1 aliphatic rings. The van der Waals surface area contributed by atoms with Crippen LogP contribution in [-0.4, -0.2) is 17.6 Å². The van der Waals surface area contributed by atoms with Gasteiger partial charge >= 0.3 is 0 Å². The molecule has 1 aliphatic heterocycles. The van der Waals surface area contributed by atoms with Gasteiger partial charge in [-0.25, -0.2) is 0 Å². The van der Waals surface area contributed by atoms with Gasteiger partial charge in [0.05, 0.1) is 0 Å². The van der Waals surface area contributed by atoms with E-state index in [1.807, 2.05) is 0 Å². The summed E-state index contributed by atoms with van der Waals surface area (Å²) in [5.41, 5.74) is 1.34. The number of hydrogen-bond donors (Lipinski definition) is 0. The van der Waals surface area contributed by atoms with Crippen molar-refractivity contribution in [1.82, 2.24) is 4.90 Å². The van der Waals surface area contributed by atoms with Crippen molar-refractivity contribution in [1.29, 1.82) is 0 Å². The summed E-state index contributed by atoms with van der Waals surface area (Å²) in [6.45, 7) is 5.82. The second kappa shape index (κ2) is 24.4. The van der Waals surface area contributed by atoms with Crippen LogP contribution in [0.15, 0.2) is 42.7 Å². The molecule has 1 aromatic carbocycles. The first kappa shape index (κ1) is 33.8. The smallest absolute Gasteiger partial charge is 0.105 e. The van der Waals surface area contributed by atoms with E-state index in [1.54, 1.807) is 0 Å². The highest BCUT2D eigenvalue weighted by Gasteiger charge is 2.26. The monoisotopic (exact) mass is 539 g/mol. The van der Waals surface area contributed by atoms with Crippen LogP contribution in [0.1, 0.15) is 174 Å². The zero-order valence-electron chi connectivity index (χ0n) is 26.4.